The SMILES string of the molecule is CCn1cc([C@@H](CNC(=O)Nc2ccc(OC)cc2)c2cccnc2)c2ccccc21. The Hall–Kier alpha value is -3.80. The Morgan fingerprint density at radius 2 is 1.90 bits per heavy atom. The number of nitrogens with zero attached hydrogens (tertiary/aromatic N) is 2. The standard InChI is InChI=1S/C25H26N4O2/c1-3-29-17-23(21-8-4-5-9-24(21)29)22(18-7-6-14-26-15-18)16-27-25(30)28-19-10-12-20(31-2)13-11-19/h4-15,17,22H,3,16H2,1-2H3,(H2,27,28,30)/t22-/m0/s1. The third-order valence-corrected chi connectivity index (χ3v) is 5.44. The van der Waals surface area contributed by atoms with Crippen LogP contribution in [0.2, 0.25) is 0 Å². The molecule has 2 heterocycles. The summed E-state index contributed by atoms with van der Waals surface area (Å²) in [4.78, 5) is 16.9. The van der Waals surface area contributed by atoms with E-state index in [1.807, 2.05) is 36.5 Å². The number of rotatable bonds is 7. The molecule has 2 aromatic heterocycles. The van der Waals surface area contributed by atoms with Crippen LogP contribution in [0.25, 0.3) is 10.9 Å². The maximum Gasteiger partial charge on any atom is 0.319 e. The first-order valence-corrected chi connectivity index (χ1v) is 10.4. The van der Waals surface area contributed by atoms with Crippen LogP contribution in [0.5, 0.6) is 5.75 Å². The first-order valence-electron chi connectivity index (χ1n) is 10.4. The Bertz CT molecular complexity index is 1150. The van der Waals surface area contributed by atoms with Gasteiger partial charge in [0.05, 0.1) is 7.11 Å². The molecule has 1 atom stereocenters. The molecule has 0 spiro atoms. The molecule has 6 heteroatoms. The number of aromatic nitrogens is 2. The van der Waals surface area contributed by atoms with Gasteiger partial charge in [0.15, 0.2) is 0 Å². The van der Waals surface area contributed by atoms with E-state index in [1.54, 1.807) is 13.3 Å². The number of ether oxygens (including phenoxy) is 1. The smallest absolute Gasteiger partial charge is 0.319 e. The van der Waals surface area contributed by atoms with Crippen molar-refractivity contribution in [2.24, 2.45) is 0 Å². The van der Waals surface area contributed by atoms with Crippen molar-refractivity contribution < 1.29 is 9.53 Å². The molecule has 0 saturated carbocycles. The maximum atomic E-state index is 12.6. The van der Waals surface area contributed by atoms with Gasteiger partial charge in [-0.15, -0.1) is 0 Å². The fraction of sp³-hybridized carbons (Fsp3) is 0.200. The number of benzene rings is 2. The van der Waals surface area contributed by atoms with Crippen molar-refractivity contribution >= 4 is 22.6 Å². The van der Waals surface area contributed by atoms with E-state index in [4.69, 9.17) is 4.74 Å². The number of hydrogen-bond donors (Lipinski definition) is 2. The topological polar surface area (TPSA) is 68.2 Å². The van der Waals surface area contributed by atoms with Crippen LogP contribution >= 0.6 is 0 Å². The lowest BCUT2D eigenvalue weighted by atomic mass is 9.92. The Balaban J connectivity index is 1.57. The van der Waals surface area contributed by atoms with Gasteiger partial charge in [0.1, 0.15) is 5.75 Å². The van der Waals surface area contributed by atoms with E-state index in [0.717, 1.165) is 17.9 Å². The van der Waals surface area contributed by atoms with Gasteiger partial charge in [0, 0.05) is 54.2 Å². The largest absolute Gasteiger partial charge is 0.497 e. The molecule has 0 saturated heterocycles. The number of urea groups is 1. The van der Waals surface area contributed by atoms with Crippen LogP contribution in [0, 0.1) is 0 Å². The molecule has 4 aromatic rings. The molecule has 4 rings (SSSR count). The minimum atomic E-state index is -0.252. The average Bonchev–Trinajstić information content (AvgIpc) is 3.19. The van der Waals surface area contributed by atoms with E-state index in [0.29, 0.717) is 12.2 Å². The highest BCUT2D eigenvalue weighted by Crippen LogP contribution is 2.32. The van der Waals surface area contributed by atoms with Gasteiger partial charge in [0.25, 0.3) is 0 Å². The van der Waals surface area contributed by atoms with E-state index >= 15 is 0 Å². The normalized spacial score (nSPS) is 11.8. The summed E-state index contributed by atoms with van der Waals surface area (Å²) in [5.74, 6) is 0.725. The Kier molecular flexibility index (Phi) is 6.17. The fourth-order valence-electron chi connectivity index (χ4n) is 3.85. The molecular formula is C25H26N4O2. The fourth-order valence-corrected chi connectivity index (χ4v) is 3.85. The van der Waals surface area contributed by atoms with Crippen molar-refractivity contribution in [3.05, 3.63) is 90.4 Å². The van der Waals surface area contributed by atoms with Gasteiger partial charge >= 0.3 is 6.03 Å². The molecule has 0 radical (unpaired) electrons. The monoisotopic (exact) mass is 414 g/mol. The number of aryl methyl sites for hydroxylation is 1. The number of hydrogen-bond acceptors (Lipinski definition) is 3. The van der Waals surface area contributed by atoms with E-state index < -0.39 is 0 Å². The summed E-state index contributed by atoms with van der Waals surface area (Å²) in [6.45, 7) is 3.47. The summed E-state index contributed by atoms with van der Waals surface area (Å²) < 4.78 is 7.40. The summed E-state index contributed by atoms with van der Waals surface area (Å²) in [6, 6.07) is 19.4. The molecular weight excluding hydrogens is 388 g/mol. The molecule has 0 aliphatic carbocycles. The summed E-state index contributed by atoms with van der Waals surface area (Å²) in [6.07, 6.45) is 5.82. The Morgan fingerprint density at radius 1 is 1.10 bits per heavy atom. The van der Waals surface area contributed by atoms with Crippen LogP contribution in [0.15, 0.2) is 79.3 Å². The Labute approximate surface area is 181 Å². The predicted octanol–water partition coefficient (Wildman–Crippen LogP) is 5.02. The molecule has 2 amide bonds. The molecule has 0 bridgehead atoms. The zero-order chi connectivity index (χ0) is 21.6. The van der Waals surface area contributed by atoms with Crippen molar-refractivity contribution in [1.82, 2.24) is 14.9 Å². The number of pyridine rings is 1. The molecule has 0 aliphatic heterocycles. The number of carbonyl (C=O) groups excluding carboxylic acids is 1. The predicted molar refractivity (Wildman–Crippen MR) is 124 cm³/mol. The lowest BCUT2D eigenvalue weighted by molar-refractivity contribution is 0.252. The number of nitrogens with one attached hydrogen (secondary N) is 2. The third-order valence-electron chi connectivity index (χ3n) is 5.44. The molecule has 31 heavy (non-hydrogen) atoms. The highest BCUT2D eigenvalue weighted by atomic mass is 16.5. The zero-order valence-electron chi connectivity index (χ0n) is 17.7. The van der Waals surface area contributed by atoms with Gasteiger partial charge in [-0.1, -0.05) is 24.3 Å². The van der Waals surface area contributed by atoms with E-state index in [2.05, 4.69) is 63.6 Å². The summed E-state index contributed by atoms with van der Waals surface area (Å²) in [7, 11) is 1.61. The number of para-hydroxylation sites is 1. The van der Waals surface area contributed by atoms with Crippen LogP contribution in [-0.4, -0.2) is 29.2 Å². The van der Waals surface area contributed by atoms with Crippen LogP contribution in [0.1, 0.15) is 24.0 Å². The van der Waals surface area contributed by atoms with Gasteiger partial charge in [-0.2, -0.15) is 0 Å². The minimum absolute atomic E-state index is 0.0204. The molecule has 0 unspecified atom stereocenters. The van der Waals surface area contributed by atoms with Crippen LogP contribution in [0.3, 0.4) is 0 Å². The van der Waals surface area contributed by atoms with Crippen molar-refractivity contribution in [1.29, 1.82) is 0 Å². The Morgan fingerprint density at radius 3 is 2.61 bits per heavy atom. The highest BCUT2D eigenvalue weighted by molar-refractivity contribution is 5.89. The average molecular weight is 415 g/mol. The number of methoxy groups -OCH3 is 1. The second kappa shape index (κ2) is 9.34. The van der Waals surface area contributed by atoms with Gasteiger partial charge in [-0.3, -0.25) is 4.98 Å². The molecule has 2 N–H and O–H groups in total. The van der Waals surface area contributed by atoms with E-state index in [-0.39, 0.29) is 11.9 Å². The summed E-state index contributed by atoms with van der Waals surface area (Å²) >= 11 is 0. The molecule has 6 nitrogen and oxygen atoms in total. The molecule has 0 fully saturated rings. The van der Waals surface area contributed by atoms with Crippen molar-refractivity contribution in [2.75, 3.05) is 19.0 Å². The first kappa shape index (κ1) is 20.5. The van der Waals surface area contributed by atoms with Gasteiger partial charge < -0.3 is 19.9 Å². The first-order chi connectivity index (χ1) is 15.2. The van der Waals surface area contributed by atoms with Gasteiger partial charge in [-0.25, -0.2) is 4.79 Å². The quantitative estimate of drug-likeness (QED) is 0.446. The maximum absolute atomic E-state index is 12.6. The second-order valence-electron chi connectivity index (χ2n) is 7.29. The van der Waals surface area contributed by atoms with Crippen molar-refractivity contribution in [3.63, 3.8) is 0 Å². The van der Waals surface area contributed by atoms with Crippen LogP contribution < -0.4 is 15.4 Å². The third kappa shape index (κ3) is 4.53. The number of amides is 2. The lowest BCUT2D eigenvalue weighted by Gasteiger charge is -2.18. The summed E-state index contributed by atoms with van der Waals surface area (Å²) in [5.41, 5.74) is 4.14. The van der Waals surface area contributed by atoms with E-state index in [1.165, 1.54) is 16.5 Å². The second-order valence-corrected chi connectivity index (χ2v) is 7.29. The van der Waals surface area contributed by atoms with Crippen molar-refractivity contribution in [3.8, 4) is 5.75 Å². The van der Waals surface area contributed by atoms with Crippen LogP contribution in [-0.2, 0) is 6.54 Å². The highest BCUT2D eigenvalue weighted by Gasteiger charge is 2.20. The zero-order valence-corrected chi connectivity index (χ0v) is 17.7. The van der Waals surface area contributed by atoms with Gasteiger partial charge in [0.2, 0.25) is 0 Å². The van der Waals surface area contributed by atoms with Crippen molar-refractivity contribution in [2.45, 2.75) is 19.4 Å². The number of fused-ring (bicyclic) bond motifs is 1. The van der Waals surface area contributed by atoms with Crippen LogP contribution in [0.4, 0.5) is 10.5 Å². The summed E-state index contributed by atoms with van der Waals surface area (Å²) in [5, 5.41) is 7.10. The molecule has 2 aromatic carbocycles. The minimum Gasteiger partial charge on any atom is -0.497 e. The number of anilines is 1. The van der Waals surface area contributed by atoms with Gasteiger partial charge in [-0.05, 0) is 54.4 Å². The lowest BCUT2D eigenvalue weighted by Crippen LogP contribution is -2.32. The number of carbonyl (C=O) groups is 1. The molecule has 158 valence electrons. The van der Waals surface area contributed by atoms with E-state index in [9.17, 15) is 4.79 Å². The molecule has 0 aliphatic rings.